The number of hydrogen-bond acceptors (Lipinski definition) is 2. The molecule has 0 saturated carbocycles. The fourth-order valence-corrected chi connectivity index (χ4v) is 1.97. The summed E-state index contributed by atoms with van der Waals surface area (Å²) in [5.41, 5.74) is 0. The van der Waals surface area contributed by atoms with Crippen molar-refractivity contribution in [3.05, 3.63) is 16.0 Å². The number of nitrogens with one attached hydrogen (secondary N) is 1. The van der Waals surface area contributed by atoms with E-state index in [1.54, 1.807) is 0 Å². The Morgan fingerprint density at radius 3 is 2.73 bits per heavy atom. The molecular weight excluding hydrogens is 301 g/mol. The van der Waals surface area contributed by atoms with E-state index in [9.17, 15) is 0 Å². The fraction of sp³-hybridized carbons (Fsp3) is 0.727. The summed E-state index contributed by atoms with van der Waals surface area (Å²) in [6, 6.07) is 0.458. The second-order valence-corrected chi connectivity index (χ2v) is 5.40. The van der Waals surface area contributed by atoms with E-state index in [4.69, 9.17) is 0 Å². The van der Waals surface area contributed by atoms with Crippen molar-refractivity contribution >= 4 is 22.6 Å². The summed E-state index contributed by atoms with van der Waals surface area (Å²) in [5.74, 6) is 0.602. The Balaban J connectivity index is 2.58. The molecule has 1 atom stereocenters. The minimum Gasteiger partial charge on any atom is -0.315 e. The van der Waals surface area contributed by atoms with E-state index in [1.807, 2.05) is 6.20 Å². The van der Waals surface area contributed by atoms with Gasteiger partial charge in [0.25, 0.3) is 0 Å². The second-order valence-electron chi connectivity index (χ2n) is 4.15. The van der Waals surface area contributed by atoms with Gasteiger partial charge in [-0.2, -0.15) is 5.10 Å². The van der Waals surface area contributed by atoms with Crippen molar-refractivity contribution in [2.24, 2.45) is 5.92 Å². The molecule has 0 radical (unpaired) electrons. The molecule has 1 unspecified atom stereocenters. The summed E-state index contributed by atoms with van der Waals surface area (Å²) in [6.07, 6.45) is 5.20. The second kappa shape index (κ2) is 6.48. The van der Waals surface area contributed by atoms with Gasteiger partial charge in [0.2, 0.25) is 0 Å². The predicted molar refractivity (Wildman–Crippen MR) is 72.0 cm³/mol. The molecule has 0 spiro atoms. The van der Waals surface area contributed by atoms with Crippen molar-refractivity contribution in [2.75, 3.05) is 13.1 Å². The Morgan fingerprint density at radius 1 is 1.53 bits per heavy atom. The molecule has 0 aliphatic rings. The Kier molecular flexibility index (Phi) is 5.60. The molecule has 1 aromatic rings. The highest BCUT2D eigenvalue weighted by atomic mass is 127. The van der Waals surface area contributed by atoms with E-state index in [2.05, 4.69) is 64.7 Å². The topological polar surface area (TPSA) is 29.9 Å². The van der Waals surface area contributed by atoms with Crippen LogP contribution in [0.4, 0.5) is 0 Å². The summed E-state index contributed by atoms with van der Waals surface area (Å²) in [7, 11) is 0. The van der Waals surface area contributed by atoms with Gasteiger partial charge < -0.3 is 5.32 Å². The van der Waals surface area contributed by atoms with Crippen molar-refractivity contribution in [3.8, 4) is 0 Å². The lowest BCUT2D eigenvalue weighted by Gasteiger charge is -2.21. The first-order chi connectivity index (χ1) is 7.15. The van der Waals surface area contributed by atoms with Crippen LogP contribution in [0.25, 0.3) is 0 Å². The zero-order valence-corrected chi connectivity index (χ0v) is 11.9. The third kappa shape index (κ3) is 4.10. The molecule has 0 aliphatic carbocycles. The third-order valence-corrected chi connectivity index (χ3v) is 3.02. The van der Waals surface area contributed by atoms with Gasteiger partial charge in [0.05, 0.1) is 15.8 Å². The lowest BCUT2D eigenvalue weighted by molar-refractivity contribution is 0.330. The van der Waals surface area contributed by atoms with Crippen molar-refractivity contribution in [2.45, 2.75) is 33.2 Å². The molecule has 1 aromatic heterocycles. The molecule has 4 heteroatoms. The van der Waals surface area contributed by atoms with E-state index < -0.39 is 0 Å². The van der Waals surface area contributed by atoms with Crippen LogP contribution in [0.5, 0.6) is 0 Å². The molecule has 1 heterocycles. The summed E-state index contributed by atoms with van der Waals surface area (Å²) in [4.78, 5) is 0. The van der Waals surface area contributed by atoms with Crippen LogP contribution in [0.2, 0.25) is 0 Å². The van der Waals surface area contributed by atoms with Crippen LogP contribution in [0.3, 0.4) is 0 Å². The first-order valence-corrected chi connectivity index (χ1v) is 6.63. The van der Waals surface area contributed by atoms with E-state index in [1.165, 1.54) is 9.99 Å². The zero-order valence-electron chi connectivity index (χ0n) is 9.70. The first-order valence-electron chi connectivity index (χ1n) is 5.55. The van der Waals surface area contributed by atoms with Crippen LogP contribution in [-0.4, -0.2) is 22.9 Å². The Labute approximate surface area is 106 Å². The Bertz CT molecular complexity index is 283. The first kappa shape index (κ1) is 13.0. The lowest BCUT2D eigenvalue weighted by Crippen LogP contribution is -2.29. The molecule has 0 bridgehead atoms. The smallest absolute Gasteiger partial charge is 0.0666 e. The van der Waals surface area contributed by atoms with Crippen molar-refractivity contribution in [1.29, 1.82) is 0 Å². The number of nitrogens with zero attached hydrogens (tertiary/aromatic N) is 2. The summed E-state index contributed by atoms with van der Waals surface area (Å²) in [6.45, 7) is 8.76. The SMILES string of the molecule is CCCNCC(C(C)C)n1cc(I)cn1. The van der Waals surface area contributed by atoms with Crippen molar-refractivity contribution < 1.29 is 0 Å². The Morgan fingerprint density at radius 2 is 2.27 bits per heavy atom. The standard InChI is InChI=1S/C11H20IN3/c1-4-5-13-7-11(9(2)3)15-8-10(12)6-14-15/h6,8-9,11,13H,4-5,7H2,1-3H3. The van der Waals surface area contributed by atoms with Crippen LogP contribution in [0.15, 0.2) is 12.4 Å². The van der Waals surface area contributed by atoms with E-state index >= 15 is 0 Å². The molecule has 0 amide bonds. The molecular formula is C11H20IN3. The molecule has 0 fully saturated rings. The van der Waals surface area contributed by atoms with Crippen LogP contribution >= 0.6 is 22.6 Å². The normalized spacial score (nSPS) is 13.4. The highest BCUT2D eigenvalue weighted by Crippen LogP contribution is 2.17. The van der Waals surface area contributed by atoms with Crippen molar-refractivity contribution in [3.63, 3.8) is 0 Å². The summed E-state index contributed by atoms with van der Waals surface area (Å²) < 4.78 is 3.28. The third-order valence-electron chi connectivity index (χ3n) is 2.46. The van der Waals surface area contributed by atoms with Gasteiger partial charge in [-0.3, -0.25) is 4.68 Å². The number of aromatic nitrogens is 2. The summed E-state index contributed by atoms with van der Waals surface area (Å²) >= 11 is 2.30. The number of rotatable bonds is 6. The molecule has 1 N–H and O–H groups in total. The van der Waals surface area contributed by atoms with Crippen LogP contribution in [-0.2, 0) is 0 Å². The maximum atomic E-state index is 4.39. The molecule has 15 heavy (non-hydrogen) atoms. The lowest BCUT2D eigenvalue weighted by atomic mass is 10.0. The predicted octanol–water partition coefficient (Wildman–Crippen LogP) is 2.68. The quantitative estimate of drug-likeness (QED) is 0.645. The molecule has 0 aliphatic heterocycles. The van der Waals surface area contributed by atoms with Gasteiger partial charge in [-0.05, 0) is 41.5 Å². The van der Waals surface area contributed by atoms with Crippen molar-refractivity contribution in [1.82, 2.24) is 15.1 Å². The maximum Gasteiger partial charge on any atom is 0.0666 e. The highest BCUT2D eigenvalue weighted by Gasteiger charge is 2.15. The van der Waals surface area contributed by atoms with Crippen LogP contribution in [0, 0.1) is 9.49 Å². The van der Waals surface area contributed by atoms with Gasteiger partial charge in [-0.15, -0.1) is 0 Å². The van der Waals surface area contributed by atoms with Gasteiger partial charge in [-0.25, -0.2) is 0 Å². The van der Waals surface area contributed by atoms with Crippen LogP contribution in [0.1, 0.15) is 33.2 Å². The highest BCUT2D eigenvalue weighted by molar-refractivity contribution is 14.1. The van der Waals surface area contributed by atoms with Crippen LogP contribution < -0.4 is 5.32 Å². The Hall–Kier alpha value is -0.100. The van der Waals surface area contributed by atoms with E-state index in [0.29, 0.717) is 12.0 Å². The van der Waals surface area contributed by atoms with Gasteiger partial charge in [-0.1, -0.05) is 20.8 Å². The monoisotopic (exact) mass is 321 g/mol. The number of hydrogen-bond donors (Lipinski definition) is 1. The molecule has 0 saturated heterocycles. The molecule has 1 rings (SSSR count). The van der Waals surface area contributed by atoms with Gasteiger partial charge >= 0.3 is 0 Å². The molecule has 0 aromatic carbocycles. The minimum atomic E-state index is 0.458. The minimum absolute atomic E-state index is 0.458. The maximum absolute atomic E-state index is 4.39. The molecule has 86 valence electrons. The summed E-state index contributed by atoms with van der Waals surface area (Å²) in [5, 5.41) is 7.85. The fourth-order valence-electron chi connectivity index (χ4n) is 1.56. The molecule has 3 nitrogen and oxygen atoms in total. The average Bonchev–Trinajstić information content (AvgIpc) is 2.59. The number of halogens is 1. The van der Waals surface area contributed by atoms with Gasteiger partial charge in [0, 0.05) is 12.7 Å². The zero-order chi connectivity index (χ0) is 11.3. The largest absolute Gasteiger partial charge is 0.315 e. The van der Waals surface area contributed by atoms with Gasteiger partial charge in [0.15, 0.2) is 0 Å². The van der Waals surface area contributed by atoms with E-state index in [-0.39, 0.29) is 0 Å². The van der Waals surface area contributed by atoms with Gasteiger partial charge in [0.1, 0.15) is 0 Å². The average molecular weight is 321 g/mol. The van der Waals surface area contributed by atoms with E-state index in [0.717, 1.165) is 13.1 Å².